The summed E-state index contributed by atoms with van der Waals surface area (Å²) in [5.41, 5.74) is 7.01. The molecule has 164 valence electrons. The molecule has 2 aromatic carbocycles. The van der Waals surface area contributed by atoms with Crippen LogP contribution in [0.2, 0.25) is 0 Å². The lowest BCUT2D eigenvalue weighted by Crippen LogP contribution is -2.16. The van der Waals surface area contributed by atoms with Gasteiger partial charge in [-0.1, -0.05) is 18.2 Å². The fourth-order valence-electron chi connectivity index (χ4n) is 4.15. The van der Waals surface area contributed by atoms with Crippen LogP contribution < -0.4 is 5.32 Å². The van der Waals surface area contributed by atoms with Crippen molar-refractivity contribution in [1.29, 1.82) is 5.26 Å². The normalized spacial score (nSPS) is 12.4. The van der Waals surface area contributed by atoms with Gasteiger partial charge in [-0.3, -0.25) is 0 Å². The zero-order valence-corrected chi connectivity index (χ0v) is 19.9. The monoisotopic (exact) mass is 451 g/mol. The number of nitrogens with zero attached hydrogens (tertiary/aromatic N) is 3. The van der Waals surface area contributed by atoms with Gasteiger partial charge in [-0.15, -0.1) is 11.3 Å². The molecule has 5 aromatic rings. The third-order valence-electron chi connectivity index (χ3n) is 6.37. The highest BCUT2D eigenvalue weighted by molar-refractivity contribution is 7.22. The molecule has 5 nitrogen and oxygen atoms in total. The number of hydrogen-bond acceptors (Lipinski definition) is 5. The Morgan fingerprint density at radius 2 is 1.97 bits per heavy atom. The SMILES string of the molecule is Cc1c(Nc2c(C#N)cnc3sc(-c4cccc(C(C)N(C)C)c4)cc23)ccc2[nH]ccc12. The summed E-state index contributed by atoms with van der Waals surface area (Å²) in [5, 5.41) is 15.5. The molecule has 0 saturated heterocycles. The Hall–Kier alpha value is -3.66. The topological polar surface area (TPSA) is 67.7 Å². The van der Waals surface area contributed by atoms with Gasteiger partial charge in [0.25, 0.3) is 0 Å². The summed E-state index contributed by atoms with van der Waals surface area (Å²) in [5.74, 6) is 0. The summed E-state index contributed by atoms with van der Waals surface area (Å²) in [6.45, 7) is 4.30. The number of hydrogen-bond donors (Lipinski definition) is 2. The van der Waals surface area contributed by atoms with Gasteiger partial charge in [-0.05, 0) is 75.0 Å². The minimum atomic E-state index is 0.325. The molecular formula is C27H25N5S. The van der Waals surface area contributed by atoms with Crippen LogP contribution in [0.4, 0.5) is 11.4 Å². The molecule has 0 aliphatic carbocycles. The lowest BCUT2D eigenvalue weighted by molar-refractivity contribution is 0.321. The van der Waals surface area contributed by atoms with Crippen molar-refractivity contribution < 1.29 is 0 Å². The smallest absolute Gasteiger partial charge is 0.126 e. The predicted molar refractivity (Wildman–Crippen MR) is 138 cm³/mol. The largest absolute Gasteiger partial charge is 0.361 e. The summed E-state index contributed by atoms with van der Waals surface area (Å²) in [6, 6.07) is 19.6. The fourth-order valence-corrected chi connectivity index (χ4v) is 5.16. The number of nitrogens with one attached hydrogen (secondary N) is 2. The van der Waals surface area contributed by atoms with Crippen LogP contribution in [0, 0.1) is 18.3 Å². The molecule has 2 N–H and O–H groups in total. The van der Waals surface area contributed by atoms with Gasteiger partial charge < -0.3 is 15.2 Å². The van der Waals surface area contributed by atoms with Crippen LogP contribution in [0.5, 0.6) is 0 Å². The maximum absolute atomic E-state index is 9.80. The van der Waals surface area contributed by atoms with E-state index >= 15 is 0 Å². The molecule has 33 heavy (non-hydrogen) atoms. The third kappa shape index (κ3) is 3.76. The zero-order valence-electron chi connectivity index (χ0n) is 19.1. The van der Waals surface area contributed by atoms with E-state index in [1.807, 2.05) is 6.20 Å². The van der Waals surface area contributed by atoms with Crippen molar-refractivity contribution in [1.82, 2.24) is 14.9 Å². The second kappa shape index (κ2) is 8.36. The molecule has 3 heterocycles. The molecule has 0 radical (unpaired) electrons. The Morgan fingerprint density at radius 1 is 1.12 bits per heavy atom. The Morgan fingerprint density at radius 3 is 2.76 bits per heavy atom. The van der Waals surface area contributed by atoms with E-state index in [1.165, 1.54) is 16.5 Å². The molecule has 0 aliphatic rings. The number of H-pyrrole nitrogens is 1. The summed E-state index contributed by atoms with van der Waals surface area (Å²) in [7, 11) is 4.18. The Kier molecular flexibility index (Phi) is 5.37. The molecule has 1 atom stereocenters. The first kappa shape index (κ1) is 21.2. The Balaban J connectivity index is 1.61. The van der Waals surface area contributed by atoms with Crippen molar-refractivity contribution >= 4 is 43.8 Å². The van der Waals surface area contributed by atoms with E-state index in [0.29, 0.717) is 11.6 Å². The van der Waals surface area contributed by atoms with E-state index in [2.05, 4.69) is 103 Å². The minimum absolute atomic E-state index is 0.325. The van der Waals surface area contributed by atoms with Crippen LogP contribution >= 0.6 is 11.3 Å². The first-order chi connectivity index (χ1) is 16.0. The van der Waals surface area contributed by atoms with E-state index in [1.54, 1.807) is 17.5 Å². The molecule has 1 unspecified atom stereocenters. The molecule has 0 amide bonds. The minimum Gasteiger partial charge on any atom is -0.361 e. The summed E-state index contributed by atoms with van der Waals surface area (Å²) < 4.78 is 0. The first-order valence-electron chi connectivity index (χ1n) is 10.9. The molecule has 0 aliphatic heterocycles. The van der Waals surface area contributed by atoms with Crippen LogP contribution in [0.15, 0.2) is 60.9 Å². The van der Waals surface area contributed by atoms with Gasteiger partial charge in [-0.25, -0.2) is 4.98 Å². The van der Waals surface area contributed by atoms with Gasteiger partial charge >= 0.3 is 0 Å². The second-order valence-corrected chi connectivity index (χ2v) is 9.59. The van der Waals surface area contributed by atoms with Crippen molar-refractivity contribution in [3.05, 3.63) is 77.6 Å². The van der Waals surface area contributed by atoms with Crippen molar-refractivity contribution in [2.24, 2.45) is 0 Å². The number of aromatic amines is 1. The van der Waals surface area contributed by atoms with Crippen LogP contribution in [0.25, 0.3) is 31.6 Å². The fraction of sp³-hybridized carbons (Fsp3) is 0.185. The Bertz CT molecular complexity index is 1520. The third-order valence-corrected chi connectivity index (χ3v) is 7.47. The highest BCUT2D eigenvalue weighted by Gasteiger charge is 2.16. The average Bonchev–Trinajstić information content (AvgIpc) is 3.48. The van der Waals surface area contributed by atoms with E-state index in [9.17, 15) is 5.26 Å². The van der Waals surface area contributed by atoms with Gasteiger partial charge in [0.15, 0.2) is 0 Å². The van der Waals surface area contributed by atoms with E-state index in [4.69, 9.17) is 0 Å². The average molecular weight is 452 g/mol. The van der Waals surface area contributed by atoms with Crippen LogP contribution in [-0.2, 0) is 0 Å². The zero-order chi connectivity index (χ0) is 23.1. The molecule has 6 heteroatoms. The van der Waals surface area contributed by atoms with Crippen LogP contribution in [-0.4, -0.2) is 29.0 Å². The summed E-state index contributed by atoms with van der Waals surface area (Å²) >= 11 is 1.65. The quantitative estimate of drug-likeness (QED) is 0.302. The number of thiophene rings is 1. The number of aryl methyl sites for hydroxylation is 1. The number of anilines is 2. The standard InChI is InChI=1S/C27H25N5S/c1-16-21-10-11-29-24(21)9-8-23(16)31-26-20(14-28)15-30-27-22(26)13-25(33-27)19-7-5-6-18(12-19)17(2)32(3)4/h5-13,15,17,29H,1-4H3,(H,30,31). The molecule has 0 bridgehead atoms. The van der Waals surface area contributed by atoms with Gasteiger partial charge in [-0.2, -0.15) is 5.26 Å². The lowest BCUT2D eigenvalue weighted by Gasteiger charge is -2.20. The van der Waals surface area contributed by atoms with Crippen LogP contribution in [0.3, 0.4) is 0 Å². The molecule has 0 fully saturated rings. The maximum atomic E-state index is 9.80. The van der Waals surface area contributed by atoms with Gasteiger partial charge in [0.1, 0.15) is 10.9 Å². The maximum Gasteiger partial charge on any atom is 0.126 e. The predicted octanol–water partition coefficient (Wildman–Crippen LogP) is 6.99. The van der Waals surface area contributed by atoms with Gasteiger partial charge in [0.05, 0.1) is 11.3 Å². The molecule has 0 spiro atoms. The molecular weight excluding hydrogens is 426 g/mol. The number of benzene rings is 2. The highest BCUT2D eigenvalue weighted by Crippen LogP contribution is 2.40. The van der Waals surface area contributed by atoms with Crippen molar-refractivity contribution in [3.8, 4) is 16.5 Å². The molecule has 3 aromatic heterocycles. The summed E-state index contributed by atoms with van der Waals surface area (Å²) in [4.78, 5) is 12.1. The number of fused-ring (bicyclic) bond motifs is 2. The van der Waals surface area contributed by atoms with Gasteiger partial charge in [0.2, 0.25) is 0 Å². The number of pyridine rings is 1. The van der Waals surface area contributed by atoms with Gasteiger partial charge in [0, 0.05) is 45.3 Å². The highest BCUT2D eigenvalue weighted by atomic mass is 32.1. The number of aromatic nitrogens is 2. The second-order valence-electron chi connectivity index (χ2n) is 8.56. The van der Waals surface area contributed by atoms with Crippen molar-refractivity contribution in [3.63, 3.8) is 0 Å². The van der Waals surface area contributed by atoms with Crippen molar-refractivity contribution in [2.45, 2.75) is 19.9 Å². The first-order valence-corrected chi connectivity index (χ1v) is 11.7. The number of nitriles is 1. The van der Waals surface area contributed by atoms with Crippen molar-refractivity contribution in [2.75, 3.05) is 19.4 Å². The summed E-state index contributed by atoms with van der Waals surface area (Å²) in [6.07, 6.45) is 3.61. The molecule has 5 rings (SSSR count). The molecule has 0 saturated carbocycles. The Labute approximate surface area is 197 Å². The van der Waals surface area contributed by atoms with Crippen LogP contribution in [0.1, 0.15) is 29.7 Å². The van der Waals surface area contributed by atoms with E-state index in [0.717, 1.165) is 37.5 Å². The lowest BCUT2D eigenvalue weighted by atomic mass is 10.0. The van der Waals surface area contributed by atoms with E-state index < -0.39 is 0 Å². The van der Waals surface area contributed by atoms with E-state index in [-0.39, 0.29) is 0 Å². The number of rotatable bonds is 5.